The van der Waals surface area contributed by atoms with Gasteiger partial charge >= 0.3 is 0 Å². The van der Waals surface area contributed by atoms with E-state index in [1.54, 1.807) is 0 Å². The van der Waals surface area contributed by atoms with Gasteiger partial charge in [-0.25, -0.2) is 0 Å². The summed E-state index contributed by atoms with van der Waals surface area (Å²) in [4.78, 5) is 37.3. The Kier molecular flexibility index (Phi) is 5.23. The summed E-state index contributed by atoms with van der Waals surface area (Å²) in [6.07, 6.45) is 1.96. The second-order valence-electron chi connectivity index (χ2n) is 6.74. The number of nitrogens with zero attached hydrogens (tertiary/aromatic N) is 1. The minimum atomic E-state index is -0.701. The first-order valence-corrected chi connectivity index (χ1v) is 8.67. The second-order valence-corrected chi connectivity index (χ2v) is 6.74. The molecule has 0 fully saturated rings. The van der Waals surface area contributed by atoms with Crippen LogP contribution in [-0.4, -0.2) is 36.2 Å². The number of hydrogen-bond acceptors (Lipinski definition) is 4. The summed E-state index contributed by atoms with van der Waals surface area (Å²) in [5, 5.41) is 2.71. The lowest BCUT2D eigenvalue weighted by atomic mass is 10.1. The Morgan fingerprint density at radius 3 is 2.33 bits per heavy atom. The van der Waals surface area contributed by atoms with Crippen LogP contribution in [0.5, 0.6) is 0 Å². The Hall–Kier alpha value is -3.19. The molecule has 140 valence electrons. The van der Waals surface area contributed by atoms with E-state index < -0.39 is 11.8 Å². The molecule has 0 saturated carbocycles. The normalized spacial score (nSPS) is 15.4. The summed E-state index contributed by atoms with van der Waals surface area (Å²) in [6, 6.07) is 12.6. The molecular weight excluding hydrogens is 344 g/mol. The number of benzene rings is 2. The Balaban J connectivity index is 1.71. The van der Waals surface area contributed by atoms with Gasteiger partial charge in [0.1, 0.15) is 0 Å². The Bertz CT molecular complexity index is 878. The summed E-state index contributed by atoms with van der Waals surface area (Å²) in [5.74, 6) is -1.65. The van der Waals surface area contributed by atoms with Gasteiger partial charge in [-0.15, -0.1) is 0 Å². The molecule has 0 heterocycles. The average Bonchev–Trinajstić information content (AvgIpc) is 3.05. The van der Waals surface area contributed by atoms with Crippen LogP contribution in [0.25, 0.3) is 0 Å². The van der Waals surface area contributed by atoms with Gasteiger partial charge in [-0.05, 0) is 49.2 Å². The highest BCUT2D eigenvalue weighted by atomic mass is 16.2. The Morgan fingerprint density at radius 1 is 1.07 bits per heavy atom. The first-order valence-electron chi connectivity index (χ1n) is 8.67. The number of rotatable bonds is 6. The zero-order valence-electron chi connectivity index (χ0n) is 15.1. The van der Waals surface area contributed by atoms with Crippen molar-refractivity contribution in [2.24, 2.45) is 11.5 Å². The van der Waals surface area contributed by atoms with Crippen molar-refractivity contribution in [1.29, 1.82) is 0 Å². The van der Waals surface area contributed by atoms with Crippen molar-refractivity contribution >= 4 is 23.4 Å². The van der Waals surface area contributed by atoms with E-state index in [0.717, 1.165) is 12.8 Å². The van der Waals surface area contributed by atoms with Gasteiger partial charge in [0.2, 0.25) is 17.7 Å². The fraction of sp³-hybridized carbons (Fsp3) is 0.250. The fourth-order valence-corrected chi connectivity index (χ4v) is 3.51. The lowest BCUT2D eigenvalue weighted by Crippen LogP contribution is -2.32. The zero-order chi connectivity index (χ0) is 19.6. The monoisotopic (exact) mass is 366 g/mol. The summed E-state index contributed by atoms with van der Waals surface area (Å²) in [5.41, 5.74) is 13.7. The predicted molar refractivity (Wildman–Crippen MR) is 102 cm³/mol. The van der Waals surface area contributed by atoms with Gasteiger partial charge in [0.25, 0.3) is 0 Å². The maximum Gasteiger partial charge on any atom is 0.248 e. The minimum Gasteiger partial charge on any atom is -0.366 e. The first kappa shape index (κ1) is 18.6. The molecule has 0 radical (unpaired) electrons. The quantitative estimate of drug-likeness (QED) is 0.717. The number of fused-ring (bicyclic) bond motifs is 1. The molecule has 7 heteroatoms. The van der Waals surface area contributed by atoms with Gasteiger partial charge in [-0.2, -0.15) is 0 Å². The maximum absolute atomic E-state index is 12.5. The number of likely N-dealkylation sites (N-methyl/N-ethyl adjacent to an activating group) is 1. The third kappa shape index (κ3) is 4.15. The minimum absolute atomic E-state index is 0.111. The average molecular weight is 366 g/mol. The Morgan fingerprint density at radius 2 is 1.70 bits per heavy atom. The summed E-state index contributed by atoms with van der Waals surface area (Å²) >= 11 is 0. The van der Waals surface area contributed by atoms with E-state index in [9.17, 15) is 14.4 Å². The SMILES string of the molecule is CN(CC(=O)Nc1cc(C(N)=O)cc(C(N)=O)c1)C1CCc2ccccc21. The number of aryl methyl sites for hydroxylation is 1. The summed E-state index contributed by atoms with van der Waals surface area (Å²) < 4.78 is 0. The van der Waals surface area contributed by atoms with Crippen LogP contribution in [0.4, 0.5) is 5.69 Å². The van der Waals surface area contributed by atoms with Crippen molar-refractivity contribution in [2.75, 3.05) is 18.9 Å². The smallest absolute Gasteiger partial charge is 0.248 e. The van der Waals surface area contributed by atoms with Gasteiger partial charge in [-0.3, -0.25) is 19.3 Å². The summed E-state index contributed by atoms with van der Waals surface area (Å²) in [7, 11) is 1.90. The first-order chi connectivity index (χ1) is 12.8. The van der Waals surface area contributed by atoms with Crippen LogP contribution < -0.4 is 16.8 Å². The number of nitrogens with two attached hydrogens (primary N) is 2. The molecule has 2 aromatic carbocycles. The van der Waals surface area contributed by atoms with E-state index in [2.05, 4.69) is 17.4 Å². The van der Waals surface area contributed by atoms with E-state index in [1.165, 1.54) is 29.3 Å². The molecule has 5 N–H and O–H groups in total. The zero-order valence-corrected chi connectivity index (χ0v) is 15.1. The predicted octanol–water partition coefficient (Wildman–Crippen LogP) is 1.44. The molecule has 1 atom stereocenters. The van der Waals surface area contributed by atoms with Crippen LogP contribution in [0.3, 0.4) is 0 Å². The molecule has 27 heavy (non-hydrogen) atoms. The van der Waals surface area contributed by atoms with Crippen molar-refractivity contribution in [3.8, 4) is 0 Å². The highest BCUT2D eigenvalue weighted by Gasteiger charge is 2.26. The molecule has 1 unspecified atom stereocenters. The standard InChI is InChI=1S/C20H22N4O3/c1-24(17-7-6-12-4-2-3-5-16(12)17)11-18(25)23-15-9-13(19(21)26)8-14(10-15)20(22)27/h2-5,8-10,17H,6-7,11H2,1H3,(H2,21,26)(H2,22,27)(H,23,25). The molecule has 3 amide bonds. The van der Waals surface area contributed by atoms with Crippen LogP contribution in [0.1, 0.15) is 44.3 Å². The van der Waals surface area contributed by atoms with E-state index in [0.29, 0.717) is 5.69 Å². The lowest BCUT2D eigenvalue weighted by molar-refractivity contribution is -0.117. The number of amides is 3. The van der Waals surface area contributed by atoms with Crippen molar-refractivity contribution in [3.05, 3.63) is 64.7 Å². The van der Waals surface area contributed by atoms with Crippen molar-refractivity contribution in [1.82, 2.24) is 4.90 Å². The Labute approximate surface area is 157 Å². The van der Waals surface area contributed by atoms with Crippen LogP contribution >= 0.6 is 0 Å². The van der Waals surface area contributed by atoms with Gasteiger partial charge in [0.15, 0.2) is 0 Å². The fourth-order valence-electron chi connectivity index (χ4n) is 3.51. The molecular formula is C20H22N4O3. The van der Waals surface area contributed by atoms with E-state index >= 15 is 0 Å². The van der Waals surface area contributed by atoms with Gasteiger partial charge in [-0.1, -0.05) is 24.3 Å². The van der Waals surface area contributed by atoms with Crippen molar-refractivity contribution in [2.45, 2.75) is 18.9 Å². The molecule has 0 bridgehead atoms. The molecule has 0 aromatic heterocycles. The molecule has 0 saturated heterocycles. The van der Waals surface area contributed by atoms with Crippen molar-refractivity contribution < 1.29 is 14.4 Å². The lowest BCUT2D eigenvalue weighted by Gasteiger charge is -2.24. The molecule has 2 aromatic rings. The highest BCUT2D eigenvalue weighted by Crippen LogP contribution is 2.34. The van der Waals surface area contributed by atoms with Crippen LogP contribution in [0.2, 0.25) is 0 Å². The highest BCUT2D eigenvalue weighted by molar-refractivity contribution is 6.01. The second kappa shape index (κ2) is 7.59. The topological polar surface area (TPSA) is 119 Å². The number of primary amides is 2. The third-order valence-corrected chi connectivity index (χ3v) is 4.81. The molecule has 0 aliphatic heterocycles. The largest absolute Gasteiger partial charge is 0.366 e. The number of carbonyl (C=O) groups excluding carboxylic acids is 3. The van der Waals surface area contributed by atoms with Crippen molar-refractivity contribution in [3.63, 3.8) is 0 Å². The van der Waals surface area contributed by atoms with Gasteiger partial charge < -0.3 is 16.8 Å². The van der Waals surface area contributed by atoms with Crippen LogP contribution in [0.15, 0.2) is 42.5 Å². The number of anilines is 1. The molecule has 7 nitrogen and oxygen atoms in total. The summed E-state index contributed by atoms with van der Waals surface area (Å²) in [6.45, 7) is 0.172. The molecule has 1 aliphatic rings. The van der Waals surface area contributed by atoms with Gasteiger partial charge in [0, 0.05) is 22.9 Å². The van der Waals surface area contributed by atoms with Crippen LogP contribution in [0, 0.1) is 0 Å². The van der Waals surface area contributed by atoms with E-state index in [-0.39, 0.29) is 29.6 Å². The third-order valence-electron chi connectivity index (χ3n) is 4.81. The number of carbonyl (C=O) groups is 3. The van der Waals surface area contributed by atoms with Gasteiger partial charge in [0.05, 0.1) is 6.54 Å². The maximum atomic E-state index is 12.5. The number of nitrogens with one attached hydrogen (secondary N) is 1. The number of hydrogen-bond donors (Lipinski definition) is 3. The van der Waals surface area contributed by atoms with E-state index in [1.807, 2.05) is 24.1 Å². The van der Waals surface area contributed by atoms with Crippen LogP contribution in [-0.2, 0) is 11.2 Å². The molecule has 1 aliphatic carbocycles. The molecule has 3 rings (SSSR count). The molecule has 0 spiro atoms. The van der Waals surface area contributed by atoms with E-state index in [4.69, 9.17) is 11.5 Å².